The van der Waals surface area contributed by atoms with Gasteiger partial charge in [-0.25, -0.2) is 0 Å². The first-order valence-corrected chi connectivity index (χ1v) is 6.22. The molecule has 1 fully saturated rings. The van der Waals surface area contributed by atoms with Gasteiger partial charge >= 0.3 is 0 Å². The summed E-state index contributed by atoms with van der Waals surface area (Å²) in [6.45, 7) is 2.60. The molecule has 1 heterocycles. The summed E-state index contributed by atoms with van der Waals surface area (Å²) in [6.07, 6.45) is 1.47. The standard InChI is InChI=1S/C13H16ClNO2/c1-9(10-5-2-3-6-11(10)14)15-13(16)12-7-4-8-17-12/h2-3,5-6,9,12H,4,7-8H2,1H3,(H,15,16). The zero-order chi connectivity index (χ0) is 12.3. The van der Waals surface area contributed by atoms with E-state index in [2.05, 4.69) is 5.32 Å². The third-order valence-corrected chi connectivity index (χ3v) is 3.30. The minimum Gasteiger partial charge on any atom is -0.368 e. The van der Waals surface area contributed by atoms with Gasteiger partial charge in [-0.2, -0.15) is 0 Å². The van der Waals surface area contributed by atoms with Crippen molar-refractivity contribution in [2.75, 3.05) is 6.61 Å². The van der Waals surface area contributed by atoms with E-state index in [0.717, 1.165) is 18.4 Å². The number of carbonyl (C=O) groups is 1. The maximum Gasteiger partial charge on any atom is 0.249 e. The predicted molar refractivity (Wildman–Crippen MR) is 67.0 cm³/mol. The van der Waals surface area contributed by atoms with Gasteiger partial charge in [-0.15, -0.1) is 0 Å². The lowest BCUT2D eigenvalue weighted by Gasteiger charge is -2.18. The van der Waals surface area contributed by atoms with Gasteiger partial charge in [0, 0.05) is 11.6 Å². The molecule has 2 atom stereocenters. The van der Waals surface area contributed by atoms with E-state index in [1.54, 1.807) is 0 Å². The molecule has 1 aliphatic heterocycles. The zero-order valence-corrected chi connectivity index (χ0v) is 10.5. The summed E-state index contributed by atoms with van der Waals surface area (Å²) in [6, 6.07) is 7.44. The van der Waals surface area contributed by atoms with Crippen LogP contribution in [0.1, 0.15) is 31.4 Å². The molecule has 0 aromatic heterocycles. The van der Waals surface area contributed by atoms with Crippen LogP contribution in [0.25, 0.3) is 0 Å². The third kappa shape index (κ3) is 2.99. The van der Waals surface area contributed by atoms with Gasteiger partial charge in [0.1, 0.15) is 6.10 Å². The van der Waals surface area contributed by atoms with E-state index in [9.17, 15) is 4.79 Å². The molecule has 0 saturated carbocycles. The minimum absolute atomic E-state index is 0.0464. The Labute approximate surface area is 106 Å². The highest BCUT2D eigenvalue weighted by molar-refractivity contribution is 6.31. The maximum atomic E-state index is 11.9. The molecule has 0 aliphatic carbocycles. The summed E-state index contributed by atoms with van der Waals surface area (Å²) >= 11 is 6.08. The molecule has 0 radical (unpaired) electrons. The van der Waals surface area contributed by atoms with E-state index in [0.29, 0.717) is 11.6 Å². The summed E-state index contributed by atoms with van der Waals surface area (Å²) in [5.74, 6) is -0.0464. The first-order chi connectivity index (χ1) is 8.18. The van der Waals surface area contributed by atoms with Crippen molar-refractivity contribution >= 4 is 17.5 Å². The summed E-state index contributed by atoms with van der Waals surface area (Å²) in [5, 5.41) is 3.60. The zero-order valence-electron chi connectivity index (χ0n) is 9.78. The summed E-state index contributed by atoms with van der Waals surface area (Å²) in [7, 11) is 0. The van der Waals surface area contributed by atoms with E-state index in [1.807, 2.05) is 31.2 Å². The second-order valence-corrected chi connectivity index (χ2v) is 4.66. The number of amides is 1. The predicted octanol–water partition coefficient (Wildman–Crippen LogP) is 2.70. The summed E-state index contributed by atoms with van der Waals surface area (Å²) < 4.78 is 5.34. The SMILES string of the molecule is CC(NC(=O)C1CCCO1)c1ccccc1Cl. The van der Waals surface area contributed by atoms with Crippen LogP contribution in [-0.2, 0) is 9.53 Å². The Morgan fingerprint density at radius 1 is 1.53 bits per heavy atom. The molecule has 3 nitrogen and oxygen atoms in total. The van der Waals surface area contributed by atoms with E-state index in [1.165, 1.54) is 0 Å². The van der Waals surface area contributed by atoms with Crippen LogP contribution in [0.4, 0.5) is 0 Å². The van der Waals surface area contributed by atoms with Crippen LogP contribution in [-0.4, -0.2) is 18.6 Å². The number of ether oxygens (including phenoxy) is 1. The lowest BCUT2D eigenvalue weighted by atomic mass is 10.1. The average Bonchev–Trinajstić information content (AvgIpc) is 2.82. The highest BCUT2D eigenvalue weighted by Crippen LogP contribution is 2.22. The first kappa shape index (κ1) is 12.4. The number of halogens is 1. The van der Waals surface area contributed by atoms with Gasteiger partial charge in [-0.3, -0.25) is 4.79 Å². The van der Waals surface area contributed by atoms with Crippen LogP contribution < -0.4 is 5.32 Å². The molecule has 2 unspecified atom stereocenters. The number of benzene rings is 1. The lowest BCUT2D eigenvalue weighted by molar-refractivity contribution is -0.130. The van der Waals surface area contributed by atoms with Crippen LogP contribution in [0.2, 0.25) is 5.02 Å². The number of carbonyl (C=O) groups excluding carboxylic acids is 1. The molecule has 1 saturated heterocycles. The minimum atomic E-state index is -0.292. The number of hydrogen-bond acceptors (Lipinski definition) is 2. The molecule has 1 aromatic rings. The Morgan fingerprint density at radius 3 is 2.94 bits per heavy atom. The van der Waals surface area contributed by atoms with Crippen molar-refractivity contribution in [2.24, 2.45) is 0 Å². The van der Waals surface area contributed by atoms with Gasteiger partial charge in [0.25, 0.3) is 0 Å². The second kappa shape index (κ2) is 5.52. The fraction of sp³-hybridized carbons (Fsp3) is 0.462. The Kier molecular flexibility index (Phi) is 4.02. The summed E-state index contributed by atoms with van der Waals surface area (Å²) in [5.41, 5.74) is 0.931. The molecule has 0 bridgehead atoms. The van der Waals surface area contributed by atoms with E-state index in [-0.39, 0.29) is 18.1 Å². The van der Waals surface area contributed by atoms with Crippen LogP contribution in [0.15, 0.2) is 24.3 Å². The van der Waals surface area contributed by atoms with Crippen LogP contribution in [0, 0.1) is 0 Å². The largest absolute Gasteiger partial charge is 0.368 e. The summed E-state index contributed by atoms with van der Waals surface area (Å²) in [4.78, 5) is 11.9. The lowest BCUT2D eigenvalue weighted by Crippen LogP contribution is -2.35. The average molecular weight is 254 g/mol. The Morgan fingerprint density at radius 2 is 2.29 bits per heavy atom. The molecule has 2 rings (SSSR count). The van der Waals surface area contributed by atoms with Crippen molar-refractivity contribution in [1.82, 2.24) is 5.32 Å². The molecule has 17 heavy (non-hydrogen) atoms. The molecule has 1 N–H and O–H groups in total. The molecule has 4 heteroatoms. The van der Waals surface area contributed by atoms with Crippen molar-refractivity contribution < 1.29 is 9.53 Å². The van der Waals surface area contributed by atoms with E-state index in [4.69, 9.17) is 16.3 Å². The third-order valence-electron chi connectivity index (χ3n) is 2.95. The molecular formula is C13H16ClNO2. The van der Waals surface area contributed by atoms with Crippen LogP contribution >= 0.6 is 11.6 Å². The fourth-order valence-corrected chi connectivity index (χ4v) is 2.29. The van der Waals surface area contributed by atoms with Crippen molar-refractivity contribution in [3.05, 3.63) is 34.9 Å². The van der Waals surface area contributed by atoms with E-state index >= 15 is 0 Å². The Balaban J connectivity index is 1.99. The molecule has 0 spiro atoms. The van der Waals surface area contributed by atoms with Crippen molar-refractivity contribution in [3.8, 4) is 0 Å². The molecule has 92 valence electrons. The fourth-order valence-electron chi connectivity index (χ4n) is 1.99. The second-order valence-electron chi connectivity index (χ2n) is 4.25. The van der Waals surface area contributed by atoms with Crippen LogP contribution in [0.3, 0.4) is 0 Å². The van der Waals surface area contributed by atoms with Crippen LogP contribution in [0.5, 0.6) is 0 Å². The normalized spacial score (nSPS) is 21.2. The smallest absolute Gasteiger partial charge is 0.249 e. The van der Waals surface area contributed by atoms with Gasteiger partial charge in [0.2, 0.25) is 5.91 Å². The quantitative estimate of drug-likeness (QED) is 0.900. The van der Waals surface area contributed by atoms with Gasteiger partial charge in [-0.1, -0.05) is 29.8 Å². The number of nitrogens with one attached hydrogen (secondary N) is 1. The van der Waals surface area contributed by atoms with E-state index < -0.39 is 0 Å². The van der Waals surface area contributed by atoms with Crippen molar-refractivity contribution in [3.63, 3.8) is 0 Å². The Hall–Kier alpha value is -1.06. The van der Waals surface area contributed by atoms with Crippen molar-refractivity contribution in [1.29, 1.82) is 0 Å². The van der Waals surface area contributed by atoms with Gasteiger partial charge in [0.15, 0.2) is 0 Å². The molecule has 1 aromatic carbocycles. The monoisotopic (exact) mass is 253 g/mol. The maximum absolute atomic E-state index is 11.9. The molecule has 1 aliphatic rings. The van der Waals surface area contributed by atoms with Gasteiger partial charge < -0.3 is 10.1 Å². The molecule has 1 amide bonds. The van der Waals surface area contributed by atoms with Gasteiger partial charge in [-0.05, 0) is 31.4 Å². The highest BCUT2D eigenvalue weighted by atomic mass is 35.5. The number of rotatable bonds is 3. The highest BCUT2D eigenvalue weighted by Gasteiger charge is 2.25. The van der Waals surface area contributed by atoms with Crippen molar-refractivity contribution in [2.45, 2.75) is 31.9 Å². The number of hydrogen-bond donors (Lipinski definition) is 1. The molecular weight excluding hydrogens is 238 g/mol. The first-order valence-electron chi connectivity index (χ1n) is 5.85. The Bertz CT molecular complexity index is 402. The van der Waals surface area contributed by atoms with Gasteiger partial charge in [0.05, 0.1) is 6.04 Å². The topological polar surface area (TPSA) is 38.3 Å².